The first-order chi connectivity index (χ1) is 25.8. The summed E-state index contributed by atoms with van der Waals surface area (Å²) in [6.07, 6.45) is 3.69. The van der Waals surface area contributed by atoms with E-state index in [1.807, 2.05) is 6.92 Å². The first kappa shape index (κ1) is 35.3. The lowest BCUT2D eigenvalue weighted by molar-refractivity contribution is -0.129. The Morgan fingerprint density at radius 1 is 0.604 bits per heavy atom. The maximum atomic E-state index is 13.7. The van der Waals surface area contributed by atoms with E-state index in [9.17, 15) is 19.0 Å². The third-order valence-electron chi connectivity index (χ3n) is 10.8. The fourth-order valence-corrected chi connectivity index (χ4v) is 9.09. The second kappa shape index (κ2) is 15.0. The van der Waals surface area contributed by atoms with Gasteiger partial charge in [0.1, 0.15) is 11.6 Å². The molecule has 0 aliphatic rings. The molecule has 0 aliphatic heterocycles. The third kappa shape index (κ3) is 7.17. The van der Waals surface area contributed by atoms with E-state index in [4.69, 9.17) is 9.05 Å². The van der Waals surface area contributed by atoms with Crippen LogP contribution in [0.4, 0.5) is 0 Å². The topological polar surface area (TPSA) is 89.9 Å². The number of ketones is 2. The van der Waals surface area contributed by atoms with Gasteiger partial charge in [-0.3, -0.25) is 18.6 Å². The Labute approximate surface area is 309 Å². The molecule has 0 saturated carbocycles. The average Bonchev–Trinajstić information content (AvgIpc) is 3.17. The van der Waals surface area contributed by atoms with Gasteiger partial charge >= 0.3 is 7.82 Å². The van der Waals surface area contributed by atoms with Crippen molar-refractivity contribution < 1.29 is 28.1 Å². The van der Waals surface area contributed by atoms with Crippen molar-refractivity contribution in [2.24, 2.45) is 5.92 Å². The zero-order chi connectivity index (χ0) is 36.5. The minimum absolute atomic E-state index is 0.0379. The SMILES string of the molecule is CCCOP(=O)(O)OC[C@@H](CC(=O)CCCc1ccc2ccc3cccc4ccc1c2c34)C(=O)CCCc1ccc2ccc3cccc4ccc1c2c34. The molecule has 0 radical (unpaired) electrons. The minimum Gasteiger partial charge on any atom is -0.302 e. The second-order valence-corrected chi connectivity index (χ2v) is 15.8. The molecule has 1 unspecified atom stereocenters. The van der Waals surface area contributed by atoms with Gasteiger partial charge in [-0.1, -0.05) is 116 Å². The van der Waals surface area contributed by atoms with Crippen molar-refractivity contribution in [1.29, 1.82) is 0 Å². The fourth-order valence-electron chi connectivity index (χ4n) is 8.23. The number of carbonyl (C=O) groups is 2. The van der Waals surface area contributed by atoms with Crippen LogP contribution in [0.5, 0.6) is 0 Å². The van der Waals surface area contributed by atoms with Crippen molar-refractivity contribution in [3.8, 4) is 0 Å². The summed E-state index contributed by atoms with van der Waals surface area (Å²) in [6.45, 7) is 1.55. The standard InChI is InChI=1S/C46H43O6P/c1-2-27-51-53(49,50)52-29-38(42(48)14-6-8-31-16-18-37-22-20-33-10-4-12-35-24-26-41(31)46(37)44(33)35)28-39(47)13-5-7-30-15-17-36-21-19-32-9-3-11-34-23-25-40(30)45(36)43(32)34/h3-4,9-12,15-26,38H,2,5-8,13-14,27-29H2,1H3,(H,49,50)/t38-/m1/s1. The van der Waals surface area contributed by atoms with Crippen LogP contribution >= 0.6 is 7.82 Å². The summed E-state index contributed by atoms with van der Waals surface area (Å²) < 4.78 is 22.9. The van der Waals surface area contributed by atoms with Gasteiger partial charge in [0.2, 0.25) is 0 Å². The van der Waals surface area contributed by atoms with Gasteiger partial charge in [0.15, 0.2) is 0 Å². The van der Waals surface area contributed by atoms with Crippen LogP contribution < -0.4 is 0 Å². The van der Waals surface area contributed by atoms with Crippen molar-refractivity contribution in [3.05, 3.63) is 120 Å². The van der Waals surface area contributed by atoms with Crippen LogP contribution in [0.1, 0.15) is 56.6 Å². The van der Waals surface area contributed by atoms with Gasteiger partial charge in [0.25, 0.3) is 0 Å². The molecule has 0 aliphatic carbocycles. The number of phosphoric acid groups is 1. The van der Waals surface area contributed by atoms with Gasteiger partial charge in [-0.25, -0.2) is 4.57 Å². The summed E-state index contributed by atoms with van der Waals surface area (Å²) >= 11 is 0. The summed E-state index contributed by atoms with van der Waals surface area (Å²) in [4.78, 5) is 37.3. The highest BCUT2D eigenvalue weighted by Gasteiger charge is 2.28. The van der Waals surface area contributed by atoms with Crippen LogP contribution in [0.3, 0.4) is 0 Å². The molecule has 0 heterocycles. The van der Waals surface area contributed by atoms with E-state index in [1.165, 1.54) is 75.8 Å². The van der Waals surface area contributed by atoms with E-state index in [2.05, 4.69) is 109 Å². The first-order valence-electron chi connectivity index (χ1n) is 18.8. The largest absolute Gasteiger partial charge is 0.472 e. The summed E-state index contributed by atoms with van der Waals surface area (Å²) in [6, 6.07) is 38.7. The zero-order valence-corrected chi connectivity index (χ0v) is 30.9. The average molecular weight is 723 g/mol. The molecule has 8 aromatic rings. The highest BCUT2D eigenvalue weighted by molar-refractivity contribution is 7.47. The molecule has 7 heteroatoms. The summed E-state index contributed by atoms with van der Waals surface area (Å²) in [5.74, 6) is -1.03. The maximum absolute atomic E-state index is 13.7. The predicted octanol–water partition coefficient (Wildman–Crippen LogP) is 11.5. The van der Waals surface area contributed by atoms with Gasteiger partial charge in [-0.2, -0.15) is 0 Å². The smallest absolute Gasteiger partial charge is 0.302 e. The molecule has 268 valence electrons. The zero-order valence-electron chi connectivity index (χ0n) is 30.0. The Kier molecular flexibility index (Phi) is 9.97. The second-order valence-electron chi connectivity index (χ2n) is 14.4. The van der Waals surface area contributed by atoms with Crippen molar-refractivity contribution >= 4 is 84.0 Å². The van der Waals surface area contributed by atoms with E-state index in [-0.39, 0.29) is 37.6 Å². The van der Waals surface area contributed by atoms with Gasteiger partial charge in [0.05, 0.1) is 13.2 Å². The summed E-state index contributed by atoms with van der Waals surface area (Å²) in [5, 5.41) is 14.7. The monoisotopic (exact) mass is 722 g/mol. The Morgan fingerprint density at radius 2 is 1.06 bits per heavy atom. The van der Waals surface area contributed by atoms with E-state index < -0.39 is 13.7 Å². The van der Waals surface area contributed by atoms with Crippen LogP contribution in [0, 0.1) is 5.92 Å². The van der Waals surface area contributed by atoms with Crippen LogP contribution in [0.2, 0.25) is 0 Å². The molecule has 2 atom stereocenters. The van der Waals surface area contributed by atoms with Crippen LogP contribution in [-0.2, 0) is 36.0 Å². The van der Waals surface area contributed by atoms with Crippen molar-refractivity contribution in [2.75, 3.05) is 13.2 Å². The molecule has 0 aromatic heterocycles. The highest BCUT2D eigenvalue weighted by Crippen LogP contribution is 2.44. The molecule has 1 N–H and O–H groups in total. The molecule has 0 fully saturated rings. The Bertz CT molecular complexity index is 2610. The maximum Gasteiger partial charge on any atom is 0.472 e. The lowest BCUT2D eigenvalue weighted by atomic mass is 9.89. The predicted molar refractivity (Wildman–Crippen MR) is 216 cm³/mol. The number of Topliss-reactive ketones (excluding diaryl/α,β-unsaturated/α-hetero) is 2. The molecular formula is C46H43O6P. The number of hydrogen-bond acceptors (Lipinski definition) is 5. The molecule has 0 amide bonds. The van der Waals surface area contributed by atoms with Gasteiger partial charge in [0, 0.05) is 25.2 Å². The molecule has 8 rings (SSSR count). The van der Waals surface area contributed by atoms with E-state index in [1.54, 1.807) is 0 Å². The number of phosphoric ester groups is 1. The normalized spacial score (nSPS) is 13.9. The molecule has 0 bridgehead atoms. The minimum atomic E-state index is -4.35. The van der Waals surface area contributed by atoms with Crippen LogP contribution in [-0.4, -0.2) is 29.7 Å². The fraction of sp³-hybridized carbons (Fsp3) is 0.261. The van der Waals surface area contributed by atoms with Crippen molar-refractivity contribution in [1.82, 2.24) is 0 Å². The van der Waals surface area contributed by atoms with E-state index in [0.717, 1.165) is 6.42 Å². The lowest BCUT2D eigenvalue weighted by Crippen LogP contribution is -2.23. The molecule has 0 spiro atoms. The number of hydrogen-bond donors (Lipinski definition) is 1. The molecular weight excluding hydrogens is 679 g/mol. The number of benzene rings is 8. The third-order valence-corrected chi connectivity index (χ3v) is 11.8. The summed E-state index contributed by atoms with van der Waals surface area (Å²) in [5.41, 5.74) is 2.37. The van der Waals surface area contributed by atoms with Gasteiger partial charge < -0.3 is 4.89 Å². The number of rotatable bonds is 17. The Balaban J connectivity index is 0.939. The van der Waals surface area contributed by atoms with Crippen molar-refractivity contribution in [2.45, 2.75) is 58.3 Å². The summed E-state index contributed by atoms with van der Waals surface area (Å²) in [7, 11) is -4.35. The van der Waals surface area contributed by atoms with Gasteiger partial charge in [-0.05, 0) is 108 Å². The molecule has 0 saturated heterocycles. The van der Waals surface area contributed by atoms with E-state index >= 15 is 0 Å². The van der Waals surface area contributed by atoms with Crippen LogP contribution in [0.25, 0.3) is 64.6 Å². The Hall–Kier alpha value is -4.71. The van der Waals surface area contributed by atoms with Gasteiger partial charge in [-0.15, -0.1) is 0 Å². The first-order valence-corrected chi connectivity index (χ1v) is 20.3. The Morgan fingerprint density at radius 3 is 1.57 bits per heavy atom. The number of carbonyl (C=O) groups excluding carboxylic acids is 2. The van der Waals surface area contributed by atoms with Crippen LogP contribution in [0.15, 0.2) is 109 Å². The number of aryl methyl sites for hydroxylation is 2. The van der Waals surface area contributed by atoms with E-state index in [0.29, 0.717) is 32.1 Å². The van der Waals surface area contributed by atoms with Crippen molar-refractivity contribution in [3.63, 3.8) is 0 Å². The highest BCUT2D eigenvalue weighted by atomic mass is 31.2. The molecule has 6 nitrogen and oxygen atoms in total. The lowest BCUT2D eigenvalue weighted by Gasteiger charge is -2.18. The quantitative estimate of drug-likeness (QED) is 0.0743. The molecule has 8 aromatic carbocycles. The molecule has 53 heavy (non-hydrogen) atoms.